The SMILES string of the molecule is CCCCCOc1ccc(CNC(C)(CC)CC)cc1. The quantitative estimate of drug-likeness (QED) is 0.613. The van der Waals surface area contributed by atoms with Crippen LogP contribution >= 0.6 is 0 Å². The molecule has 0 aliphatic rings. The minimum Gasteiger partial charge on any atom is -0.494 e. The maximum Gasteiger partial charge on any atom is 0.119 e. The molecular weight excluding hydrogens is 246 g/mol. The van der Waals surface area contributed by atoms with E-state index in [1.165, 1.54) is 18.4 Å². The van der Waals surface area contributed by atoms with E-state index < -0.39 is 0 Å². The van der Waals surface area contributed by atoms with Gasteiger partial charge in [0.2, 0.25) is 0 Å². The molecule has 114 valence electrons. The summed E-state index contributed by atoms with van der Waals surface area (Å²) in [6.07, 6.45) is 5.94. The lowest BCUT2D eigenvalue weighted by molar-refractivity contribution is 0.306. The summed E-state index contributed by atoms with van der Waals surface area (Å²) in [6, 6.07) is 8.48. The zero-order chi connectivity index (χ0) is 14.8. The van der Waals surface area contributed by atoms with Crippen molar-refractivity contribution in [3.8, 4) is 5.75 Å². The molecule has 0 saturated heterocycles. The number of ether oxygens (including phenoxy) is 1. The average molecular weight is 277 g/mol. The van der Waals surface area contributed by atoms with Gasteiger partial charge in [-0.2, -0.15) is 0 Å². The van der Waals surface area contributed by atoms with Gasteiger partial charge < -0.3 is 10.1 Å². The Labute approximate surface area is 124 Å². The van der Waals surface area contributed by atoms with Crippen molar-refractivity contribution in [2.45, 2.75) is 71.9 Å². The number of unbranched alkanes of at least 4 members (excludes halogenated alkanes) is 2. The van der Waals surface area contributed by atoms with Gasteiger partial charge in [-0.25, -0.2) is 0 Å². The van der Waals surface area contributed by atoms with Gasteiger partial charge in [0.1, 0.15) is 5.75 Å². The Hall–Kier alpha value is -1.02. The van der Waals surface area contributed by atoms with Crippen LogP contribution in [0.2, 0.25) is 0 Å². The highest BCUT2D eigenvalue weighted by Crippen LogP contribution is 2.16. The summed E-state index contributed by atoms with van der Waals surface area (Å²) in [7, 11) is 0. The minimum absolute atomic E-state index is 0.245. The molecule has 0 heterocycles. The molecule has 1 rings (SSSR count). The number of hydrogen-bond donors (Lipinski definition) is 1. The third-order valence-electron chi connectivity index (χ3n) is 4.22. The van der Waals surface area contributed by atoms with Crippen LogP contribution in [-0.4, -0.2) is 12.1 Å². The summed E-state index contributed by atoms with van der Waals surface area (Å²) in [4.78, 5) is 0. The van der Waals surface area contributed by atoms with E-state index in [2.05, 4.69) is 57.3 Å². The fraction of sp³-hybridized carbons (Fsp3) is 0.667. The van der Waals surface area contributed by atoms with Crippen LogP contribution < -0.4 is 10.1 Å². The molecule has 2 heteroatoms. The molecule has 0 fully saturated rings. The minimum atomic E-state index is 0.245. The first-order valence-electron chi connectivity index (χ1n) is 8.10. The van der Waals surface area contributed by atoms with E-state index >= 15 is 0 Å². The Balaban J connectivity index is 2.38. The Morgan fingerprint density at radius 3 is 2.20 bits per heavy atom. The Bertz CT molecular complexity index is 354. The molecule has 2 nitrogen and oxygen atoms in total. The van der Waals surface area contributed by atoms with E-state index in [9.17, 15) is 0 Å². The van der Waals surface area contributed by atoms with Crippen molar-refractivity contribution >= 4 is 0 Å². The fourth-order valence-electron chi connectivity index (χ4n) is 2.06. The molecule has 0 aliphatic carbocycles. The van der Waals surface area contributed by atoms with Crippen LogP contribution in [0.3, 0.4) is 0 Å². The second-order valence-corrected chi connectivity index (χ2v) is 5.82. The van der Waals surface area contributed by atoms with Crippen LogP contribution in [0.25, 0.3) is 0 Å². The first-order chi connectivity index (χ1) is 9.63. The highest BCUT2D eigenvalue weighted by Gasteiger charge is 2.17. The third-order valence-corrected chi connectivity index (χ3v) is 4.22. The molecule has 0 amide bonds. The van der Waals surface area contributed by atoms with Crippen molar-refractivity contribution in [3.05, 3.63) is 29.8 Å². The molecule has 0 spiro atoms. The van der Waals surface area contributed by atoms with Crippen LogP contribution in [0.1, 0.15) is 65.4 Å². The van der Waals surface area contributed by atoms with Gasteiger partial charge >= 0.3 is 0 Å². The molecule has 20 heavy (non-hydrogen) atoms. The van der Waals surface area contributed by atoms with E-state index in [0.29, 0.717) is 0 Å². The van der Waals surface area contributed by atoms with E-state index in [1.807, 2.05) is 0 Å². The Kier molecular flexibility index (Phi) is 7.68. The van der Waals surface area contributed by atoms with Crippen molar-refractivity contribution < 1.29 is 4.74 Å². The number of nitrogens with one attached hydrogen (secondary N) is 1. The first-order valence-corrected chi connectivity index (χ1v) is 8.10. The lowest BCUT2D eigenvalue weighted by atomic mass is 9.95. The predicted octanol–water partition coefficient (Wildman–Crippen LogP) is 4.92. The molecule has 1 aromatic rings. The molecule has 0 radical (unpaired) electrons. The second kappa shape index (κ2) is 9.02. The van der Waals surface area contributed by atoms with Gasteiger partial charge in [-0.05, 0) is 43.9 Å². The Morgan fingerprint density at radius 2 is 1.65 bits per heavy atom. The molecule has 0 aromatic heterocycles. The van der Waals surface area contributed by atoms with Gasteiger partial charge in [0.25, 0.3) is 0 Å². The smallest absolute Gasteiger partial charge is 0.119 e. The summed E-state index contributed by atoms with van der Waals surface area (Å²) in [5.41, 5.74) is 1.56. The standard InChI is InChI=1S/C18H31NO/c1-5-8-9-14-20-17-12-10-16(11-13-17)15-19-18(4,6-2)7-3/h10-13,19H,5-9,14-15H2,1-4H3. The number of hydrogen-bond acceptors (Lipinski definition) is 2. The summed E-state index contributed by atoms with van der Waals surface area (Å²) >= 11 is 0. The van der Waals surface area contributed by atoms with Gasteiger partial charge in [0.05, 0.1) is 6.61 Å². The van der Waals surface area contributed by atoms with Gasteiger partial charge in [-0.15, -0.1) is 0 Å². The van der Waals surface area contributed by atoms with Crippen molar-refractivity contribution in [2.75, 3.05) is 6.61 Å². The van der Waals surface area contributed by atoms with Crippen LogP contribution in [0, 0.1) is 0 Å². The number of benzene rings is 1. The summed E-state index contributed by atoms with van der Waals surface area (Å²) in [6.45, 7) is 10.7. The normalized spacial score (nSPS) is 11.6. The summed E-state index contributed by atoms with van der Waals surface area (Å²) < 4.78 is 5.73. The molecule has 0 saturated carbocycles. The van der Waals surface area contributed by atoms with E-state index in [-0.39, 0.29) is 5.54 Å². The molecule has 0 bridgehead atoms. The average Bonchev–Trinajstić information content (AvgIpc) is 2.50. The predicted molar refractivity (Wildman–Crippen MR) is 87.3 cm³/mol. The highest BCUT2D eigenvalue weighted by atomic mass is 16.5. The van der Waals surface area contributed by atoms with Gasteiger partial charge in [0, 0.05) is 12.1 Å². The molecule has 1 N–H and O–H groups in total. The van der Waals surface area contributed by atoms with Crippen LogP contribution in [0.4, 0.5) is 0 Å². The third kappa shape index (κ3) is 5.96. The van der Waals surface area contributed by atoms with Crippen LogP contribution in [0.15, 0.2) is 24.3 Å². The van der Waals surface area contributed by atoms with Crippen molar-refractivity contribution in [1.29, 1.82) is 0 Å². The molecule has 0 unspecified atom stereocenters. The maximum absolute atomic E-state index is 5.73. The molecular formula is C18H31NO. The molecule has 1 aromatic carbocycles. The van der Waals surface area contributed by atoms with Gasteiger partial charge in [0.15, 0.2) is 0 Å². The van der Waals surface area contributed by atoms with E-state index in [0.717, 1.165) is 38.2 Å². The van der Waals surface area contributed by atoms with Crippen molar-refractivity contribution in [3.63, 3.8) is 0 Å². The summed E-state index contributed by atoms with van der Waals surface area (Å²) in [5, 5.41) is 3.65. The maximum atomic E-state index is 5.73. The number of rotatable bonds is 10. The highest BCUT2D eigenvalue weighted by molar-refractivity contribution is 5.27. The fourth-order valence-corrected chi connectivity index (χ4v) is 2.06. The Morgan fingerprint density at radius 1 is 1.00 bits per heavy atom. The first kappa shape index (κ1) is 17.0. The zero-order valence-electron chi connectivity index (χ0n) is 13.7. The van der Waals surface area contributed by atoms with Crippen molar-refractivity contribution in [2.24, 2.45) is 0 Å². The topological polar surface area (TPSA) is 21.3 Å². The lowest BCUT2D eigenvalue weighted by Crippen LogP contribution is -2.40. The monoisotopic (exact) mass is 277 g/mol. The van der Waals surface area contributed by atoms with E-state index in [4.69, 9.17) is 4.74 Å². The largest absolute Gasteiger partial charge is 0.494 e. The van der Waals surface area contributed by atoms with Gasteiger partial charge in [-0.3, -0.25) is 0 Å². The molecule has 0 atom stereocenters. The lowest BCUT2D eigenvalue weighted by Gasteiger charge is -2.28. The van der Waals surface area contributed by atoms with Crippen LogP contribution in [0.5, 0.6) is 5.75 Å². The molecule has 0 aliphatic heterocycles. The van der Waals surface area contributed by atoms with Crippen LogP contribution in [-0.2, 0) is 6.54 Å². The summed E-state index contributed by atoms with van der Waals surface area (Å²) in [5.74, 6) is 0.985. The second-order valence-electron chi connectivity index (χ2n) is 5.82. The van der Waals surface area contributed by atoms with Gasteiger partial charge in [-0.1, -0.05) is 45.7 Å². The van der Waals surface area contributed by atoms with E-state index in [1.54, 1.807) is 0 Å². The van der Waals surface area contributed by atoms with Crippen molar-refractivity contribution in [1.82, 2.24) is 5.32 Å². The zero-order valence-corrected chi connectivity index (χ0v) is 13.7.